The molecule has 0 bridgehead atoms. The first-order chi connectivity index (χ1) is 7.58. The fraction of sp³-hybridized carbons (Fsp3) is 0.400. The Morgan fingerprint density at radius 3 is 2.50 bits per heavy atom. The quantitative estimate of drug-likeness (QED) is 0.859. The van der Waals surface area contributed by atoms with Gasteiger partial charge < -0.3 is 5.73 Å². The van der Waals surface area contributed by atoms with Crippen molar-refractivity contribution >= 4 is 22.6 Å². The average molecular weight is 331 g/mol. The maximum absolute atomic E-state index is 6.02. The highest BCUT2D eigenvalue weighted by atomic mass is 127. The molecule has 2 rings (SSSR count). The molecule has 2 aromatic heterocycles. The van der Waals surface area contributed by atoms with Crippen LogP contribution in [0.4, 0.5) is 0 Å². The molecule has 2 aromatic rings. The maximum Gasteiger partial charge on any atom is 0.0947 e. The van der Waals surface area contributed by atoms with Crippen LogP contribution in [0.3, 0.4) is 0 Å². The summed E-state index contributed by atoms with van der Waals surface area (Å²) in [5.41, 5.74) is 7.10. The molecule has 0 aliphatic heterocycles. The van der Waals surface area contributed by atoms with Gasteiger partial charge in [-0.3, -0.25) is 9.36 Å². The van der Waals surface area contributed by atoms with Gasteiger partial charge in [0.25, 0.3) is 0 Å². The van der Waals surface area contributed by atoms with Crippen LogP contribution in [0.2, 0.25) is 0 Å². The van der Waals surface area contributed by atoms with Crippen molar-refractivity contribution in [2.45, 2.75) is 19.0 Å². The smallest absolute Gasteiger partial charge is 0.0947 e. The van der Waals surface area contributed by atoms with Gasteiger partial charge in [-0.15, -0.1) is 0 Å². The van der Waals surface area contributed by atoms with Gasteiger partial charge >= 0.3 is 0 Å². The summed E-state index contributed by atoms with van der Waals surface area (Å²) in [4.78, 5) is 0. The first kappa shape index (κ1) is 11.6. The highest BCUT2D eigenvalue weighted by Crippen LogP contribution is 2.20. The van der Waals surface area contributed by atoms with E-state index in [1.807, 2.05) is 43.4 Å². The second kappa shape index (κ2) is 4.54. The molecule has 0 saturated heterocycles. The van der Waals surface area contributed by atoms with Gasteiger partial charge in [-0.05, 0) is 29.5 Å². The minimum Gasteiger partial charge on any atom is -0.326 e. The molecule has 2 atom stereocenters. The Hall–Kier alpha value is -0.890. The van der Waals surface area contributed by atoms with E-state index in [2.05, 4.69) is 32.8 Å². The molecule has 0 saturated carbocycles. The standard InChI is InChI=1S/C10H14IN5/c1-7(12)10(8-3-13-15(2)5-8)16-6-9(11)4-14-16/h3-7,10H,12H2,1-2H3. The Balaban J connectivity index is 2.38. The number of nitrogens with two attached hydrogens (primary N) is 1. The third-order valence-electron chi connectivity index (χ3n) is 2.42. The minimum atomic E-state index is -0.0140. The van der Waals surface area contributed by atoms with Crippen molar-refractivity contribution in [2.75, 3.05) is 0 Å². The van der Waals surface area contributed by atoms with Crippen molar-refractivity contribution in [2.24, 2.45) is 12.8 Å². The van der Waals surface area contributed by atoms with E-state index in [1.165, 1.54) is 0 Å². The summed E-state index contributed by atoms with van der Waals surface area (Å²) in [6, 6.07) is 0.0251. The molecule has 0 fully saturated rings. The van der Waals surface area contributed by atoms with Crippen LogP contribution in [-0.2, 0) is 7.05 Å². The highest BCUT2D eigenvalue weighted by molar-refractivity contribution is 14.1. The number of hydrogen-bond acceptors (Lipinski definition) is 3. The summed E-state index contributed by atoms with van der Waals surface area (Å²) in [5.74, 6) is 0. The van der Waals surface area contributed by atoms with Crippen LogP contribution in [-0.4, -0.2) is 25.6 Å². The van der Waals surface area contributed by atoms with Crippen LogP contribution < -0.4 is 5.73 Å². The van der Waals surface area contributed by atoms with Crippen molar-refractivity contribution in [3.05, 3.63) is 33.9 Å². The summed E-state index contributed by atoms with van der Waals surface area (Å²) in [5, 5.41) is 8.49. The molecule has 5 nitrogen and oxygen atoms in total. The Morgan fingerprint density at radius 1 is 1.31 bits per heavy atom. The predicted octanol–water partition coefficient (Wildman–Crippen LogP) is 1.16. The summed E-state index contributed by atoms with van der Waals surface area (Å²) < 4.78 is 4.77. The molecular formula is C10H14IN5. The molecule has 0 amide bonds. The molecule has 2 N–H and O–H groups in total. The molecular weight excluding hydrogens is 317 g/mol. The fourth-order valence-corrected chi connectivity index (χ4v) is 2.17. The molecule has 2 unspecified atom stereocenters. The van der Waals surface area contributed by atoms with Crippen LogP contribution in [0.1, 0.15) is 18.5 Å². The van der Waals surface area contributed by atoms with Gasteiger partial charge in [0.1, 0.15) is 0 Å². The third kappa shape index (κ3) is 2.27. The predicted molar refractivity (Wildman–Crippen MR) is 69.9 cm³/mol. The SMILES string of the molecule is CC(N)C(c1cnn(C)c1)n1cc(I)cn1. The number of rotatable bonds is 3. The lowest BCUT2D eigenvalue weighted by molar-refractivity contribution is 0.453. The first-order valence-corrected chi connectivity index (χ1v) is 6.09. The molecule has 0 aromatic carbocycles. The maximum atomic E-state index is 6.02. The van der Waals surface area contributed by atoms with Gasteiger partial charge in [-0.1, -0.05) is 0 Å². The number of aryl methyl sites for hydroxylation is 1. The van der Waals surface area contributed by atoms with Gasteiger partial charge in [0.15, 0.2) is 0 Å². The molecule has 0 radical (unpaired) electrons. The van der Waals surface area contributed by atoms with Crippen LogP contribution in [0.15, 0.2) is 24.8 Å². The topological polar surface area (TPSA) is 61.7 Å². The van der Waals surface area contributed by atoms with Gasteiger partial charge in [-0.2, -0.15) is 10.2 Å². The molecule has 2 heterocycles. The zero-order chi connectivity index (χ0) is 11.7. The van der Waals surface area contributed by atoms with Crippen molar-refractivity contribution in [1.29, 1.82) is 0 Å². The molecule has 0 spiro atoms. The van der Waals surface area contributed by atoms with Gasteiger partial charge in [-0.25, -0.2) is 0 Å². The first-order valence-electron chi connectivity index (χ1n) is 5.01. The Bertz CT molecular complexity index is 433. The zero-order valence-electron chi connectivity index (χ0n) is 9.21. The third-order valence-corrected chi connectivity index (χ3v) is 2.98. The van der Waals surface area contributed by atoms with E-state index in [4.69, 9.17) is 5.73 Å². The molecule has 86 valence electrons. The van der Waals surface area contributed by atoms with Crippen molar-refractivity contribution in [1.82, 2.24) is 19.6 Å². The second-order valence-electron chi connectivity index (χ2n) is 3.89. The van der Waals surface area contributed by atoms with E-state index in [0.717, 1.165) is 9.13 Å². The fourth-order valence-electron chi connectivity index (χ4n) is 1.76. The number of halogens is 1. The van der Waals surface area contributed by atoms with Crippen molar-refractivity contribution < 1.29 is 0 Å². The lowest BCUT2D eigenvalue weighted by Gasteiger charge is -2.19. The van der Waals surface area contributed by atoms with Crippen LogP contribution in [0.25, 0.3) is 0 Å². The Morgan fingerprint density at radius 2 is 2.06 bits per heavy atom. The summed E-state index contributed by atoms with van der Waals surface area (Å²) >= 11 is 2.24. The monoisotopic (exact) mass is 331 g/mol. The number of hydrogen-bond donors (Lipinski definition) is 1. The van der Waals surface area contributed by atoms with Gasteiger partial charge in [0, 0.05) is 31.0 Å². The van der Waals surface area contributed by atoms with Crippen LogP contribution in [0.5, 0.6) is 0 Å². The van der Waals surface area contributed by atoms with E-state index in [1.54, 1.807) is 4.68 Å². The summed E-state index contributed by atoms with van der Waals surface area (Å²) in [6.45, 7) is 1.98. The molecule has 6 heteroatoms. The molecule has 16 heavy (non-hydrogen) atoms. The summed E-state index contributed by atoms with van der Waals surface area (Å²) in [7, 11) is 1.90. The summed E-state index contributed by atoms with van der Waals surface area (Å²) in [6.07, 6.45) is 7.62. The van der Waals surface area contributed by atoms with E-state index < -0.39 is 0 Å². The van der Waals surface area contributed by atoms with Gasteiger partial charge in [0.2, 0.25) is 0 Å². The minimum absolute atomic E-state index is 0.0140. The van der Waals surface area contributed by atoms with E-state index in [-0.39, 0.29) is 12.1 Å². The molecule has 0 aliphatic carbocycles. The van der Waals surface area contributed by atoms with E-state index in [0.29, 0.717) is 0 Å². The number of aromatic nitrogens is 4. The lowest BCUT2D eigenvalue weighted by Crippen LogP contribution is -2.30. The Kier molecular flexibility index (Phi) is 3.29. The van der Waals surface area contributed by atoms with E-state index >= 15 is 0 Å². The highest BCUT2D eigenvalue weighted by Gasteiger charge is 2.20. The average Bonchev–Trinajstić information content (AvgIpc) is 2.76. The largest absolute Gasteiger partial charge is 0.326 e. The Labute approximate surface area is 108 Å². The number of nitrogens with zero attached hydrogens (tertiary/aromatic N) is 4. The molecule has 0 aliphatic rings. The van der Waals surface area contributed by atoms with Crippen LogP contribution >= 0.6 is 22.6 Å². The van der Waals surface area contributed by atoms with E-state index in [9.17, 15) is 0 Å². The lowest BCUT2D eigenvalue weighted by atomic mass is 10.1. The zero-order valence-corrected chi connectivity index (χ0v) is 11.4. The normalized spacial score (nSPS) is 15.0. The van der Waals surface area contributed by atoms with Gasteiger partial charge in [0.05, 0.1) is 22.0 Å². The van der Waals surface area contributed by atoms with Crippen molar-refractivity contribution in [3.63, 3.8) is 0 Å². The second-order valence-corrected chi connectivity index (χ2v) is 5.14. The van der Waals surface area contributed by atoms with Crippen molar-refractivity contribution in [3.8, 4) is 0 Å². The van der Waals surface area contributed by atoms with Crippen LogP contribution in [0, 0.1) is 3.57 Å².